The largest absolute Gasteiger partial charge is 0.508 e. The van der Waals surface area contributed by atoms with E-state index in [0.29, 0.717) is 5.56 Å². The van der Waals surface area contributed by atoms with Crippen molar-refractivity contribution < 1.29 is 58.6 Å². The normalized spacial score (nSPS) is 35.0. The summed E-state index contributed by atoms with van der Waals surface area (Å²) >= 11 is 0. The SMILES string of the molecule is COC(=O)OC(C(=O)OC1CC2(O)CC3[C@]4(O)COC4CC(O)[C@@]3(C)C(=O)C(O)C(=C1C)C2(C)C)C(NC(=O)c1ccccc1)c1ccccc1. The molecule has 8 unspecified atom stereocenters. The Morgan fingerprint density at radius 1 is 0.961 bits per heavy atom. The lowest BCUT2D eigenvalue weighted by Crippen LogP contribution is -2.76. The highest BCUT2D eigenvalue weighted by atomic mass is 16.7. The molecule has 13 nitrogen and oxygen atoms in total. The van der Waals surface area contributed by atoms with Crippen LogP contribution in [0.1, 0.15) is 68.9 Å². The number of fused-ring (bicyclic) bond motifs is 5. The average molecular weight is 708 g/mol. The van der Waals surface area contributed by atoms with Crippen molar-refractivity contribution >= 4 is 23.8 Å². The Bertz CT molecular complexity index is 1730. The molecule has 4 aliphatic rings. The van der Waals surface area contributed by atoms with Gasteiger partial charge in [-0.25, -0.2) is 9.59 Å². The zero-order valence-electron chi connectivity index (χ0n) is 29.2. The predicted molar refractivity (Wildman–Crippen MR) is 179 cm³/mol. The minimum Gasteiger partial charge on any atom is -0.455 e. The van der Waals surface area contributed by atoms with Crippen molar-refractivity contribution in [2.45, 2.75) is 94.7 Å². The van der Waals surface area contributed by atoms with E-state index in [9.17, 15) is 39.6 Å². The number of hydrogen-bond acceptors (Lipinski definition) is 12. The molecule has 1 aliphatic heterocycles. The molecule has 0 aromatic heterocycles. The fraction of sp³-hybridized carbons (Fsp3) is 0.526. The van der Waals surface area contributed by atoms with Gasteiger partial charge in [0.15, 0.2) is 5.78 Å². The number of carbonyl (C=O) groups excluding carboxylic acids is 4. The van der Waals surface area contributed by atoms with E-state index in [4.69, 9.17) is 18.9 Å². The Hall–Kier alpha value is -4.14. The van der Waals surface area contributed by atoms with E-state index in [0.717, 1.165) is 7.11 Å². The number of hydrogen-bond donors (Lipinski definition) is 5. The summed E-state index contributed by atoms with van der Waals surface area (Å²) in [6.07, 6.45) is -8.60. The first-order valence-electron chi connectivity index (χ1n) is 17.0. The van der Waals surface area contributed by atoms with Gasteiger partial charge in [-0.1, -0.05) is 62.4 Å². The first kappa shape index (κ1) is 36.6. The van der Waals surface area contributed by atoms with Gasteiger partial charge < -0.3 is 44.7 Å². The molecule has 1 heterocycles. The third kappa shape index (κ3) is 5.84. The lowest BCUT2D eigenvalue weighted by Gasteiger charge is -2.65. The topological polar surface area (TPSA) is 198 Å². The Morgan fingerprint density at radius 2 is 1.59 bits per heavy atom. The number of rotatable bonds is 7. The first-order valence-corrected chi connectivity index (χ1v) is 17.0. The molecular weight excluding hydrogens is 662 g/mol. The highest BCUT2D eigenvalue weighted by molar-refractivity contribution is 5.95. The van der Waals surface area contributed by atoms with E-state index in [2.05, 4.69) is 5.32 Å². The van der Waals surface area contributed by atoms with Crippen LogP contribution in [-0.4, -0.2) is 99.7 Å². The molecule has 2 bridgehead atoms. The van der Waals surface area contributed by atoms with Crippen molar-refractivity contribution in [2.75, 3.05) is 13.7 Å². The molecule has 0 radical (unpaired) electrons. The van der Waals surface area contributed by atoms with Crippen LogP contribution in [0.3, 0.4) is 0 Å². The summed E-state index contributed by atoms with van der Waals surface area (Å²) in [5.41, 5.74) is -5.18. The predicted octanol–water partition coefficient (Wildman–Crippen LogP) is 2.55. The van der Waals surface area contributed by atoms with Crippen LogP contribution >= 0.6 is 0 Å². The number of aliphatic hydroxyl groups excluding tert-OH is 2. The van der Waals surface area contributed by atoms with E-state index in [1.807, 2.05) is 0 Å². The highest BCUT2D eigenvalue weighted by Gasteiger charge is 2.71. The van der Waals surface area contributed by atoms with Gasteiger partial charge in [-0.05, 0) is 49.1 Å². The summed E-state index contributed by atoms with van der Waals surface area (Å²) in [7, 11) is 1.06. The minimum atomic E-state index is -1.83. The Labute approximate surface area is 295 Å². The fourth-order valence-corrected chi connectivity index (χ4v) is 8.73. The van der Waals surface area contributed by atoms with Crippen molar-refractivity contribution in [3.8, 4) is 0 Å². The maximum atomic E-state index is 14.3. The zero-order chi connectivity index (χ0) is 37.1. The zero-order valence-corrected chi connectivity index (χ0v) is 29.2. The Balaban J connectivity index is 1.40. The highest BCUT2D eigenvalue weighted by Crippen LogP contribution is 2.62. The second-order valence-corrected chi connectivity index (χ2v) is 15.0. The molecule has 13 heteroatoms. The van der Waals surface area contributed by atoms with Gasteiger partial charge in [0.05, 0.1) is 36.9 Å². The standard InChI is InChI=1S/C38H45NO12/c1-20-23(17-37(46)18-24-36(4,25(40)16-26-38(24,47)19-49-26)31(42)29(41)27(20)35(37,2)3)50-33(44)30(51-34(45)48-5)28(21-12-8-6-9-13-21)39-32(43)22-14-10-7-11-15-22/h6-15,23-26,28-30,40-41,46-47H,16-19H2,1-5H3,(H,39,43)/t23?,24?,25?,26?,28?,29?,30?,36-,37?,38+/m0/s1. The number of ether oxygens (including phenoxy) is 4. The summed E-state index contributed by atoms with van der Waals surface area (Å²) in [5, 5.41) is 50.3. The van der Waals surface area contributed by atoms with Crippen LogP contribution in [0, 0.1) is 16.7 Å². The molecule has 3 aliphatic carbocycles. The molecule has 3 fully saturated rings. The smallest absolute Gasteiger partial charge is 0.455 e. The van der Waals surface area contributed by atoms with Gasteiger partial charge in [-0.3, -0.25) is 9.59 Å². The van der Waals surface area contributed by atoms with Gasteiger partial charge in [-0.2, -0.15) is 0 Å². The maximum absolute atomic E-state index is 14.3. The number of amides is 1. The van der Waals surface area contributed by atoms with E-state index >= 15 is 0 Å². The van der Waals surface area contributed by atoms with Crippen LogP contribution < -0.4 is 5.32 Å². The summed E-state index contributed by atoms with van der Waals surface area (Å²) in [4.78, 5) is 54.5. The third-order valence-electron chi connectivity index (χ3n) is 12.1. The van der Waals surface area contributed by atoms with Crippen LogP contribution in [0.25, 0.3) is 0 Å². The molecule has 6 rings (SSSR count). The van der Waals surface area contributed by atoms with Gasteiger partial charge in [-0.15, -0.1) is 0 Å². The van der Waals surface area contributed by atoms with Crippen molar-refractivity contribution in [1.82, 2.24) is 5.32 Å². The minimum absolute atomic E-state index is 0.0208. The number of Topliss-reactive ketones (excluding diaryl/α,β-unsaturated/α-hetero) is 1. The molecule has 2 aromatic carbocycles. The van der Waals surface area contributed by atoms with Crippen LogP contribution in [0.4, 0.5) is 4.79 Å². The number of nitrogens with one attached hydrogen (secondary N) is 1. The molecule has 10 atom stereocenters. The quantitative estimate of drug-likeness (QED) is 0.209. The number of aliphatic hydroxyl groups is 4. The Kier molecular flexibility index (Phi) is 9.43. The van der Waals surface area contributed by atoms with Gasteiger partial charge in [0, 0.05) is 29.7 Å². The van der Waals surface area contributed by atoms with Crippen LogP contribution in [0.5, 0.6) is 0 Å². The van der Waals surface area contributed by atoms with E-state index < -0.39 is 88.3 Å². The summed E-state index contributed by atoms with van der Waals surface area (Å²) in [6.45, 7) is 6.32. The van der Waals surface area contributed by atoms with Crippen molar-refractivity contribution in [3.63, 3.8) is 0 Å². The fourth-order valence-electron chi connectivity index (χ4n) is 8.73. The first-order chi connectivity index (χ1) is 24.0. The van der Waals surface area contributed by atoms with Crippen LogP contribution in [0.15, 0.2) is 71.8 Å². The number of methoxy groups -OCH3 is 1. The lowest BCUT2D eigenvalue weighted by molar-refractivity contribution is -0.323. The Morgan fingerprint density at radius 3 is 2.18 bits per heavy atom. The van der Waals surface area contributed by atoms with Crippen LogP contribution in [0.2, 0.25) is 0 Å². The van der Waals surface area contributed by atoms with Crippen LogP contribution in [-0.2, 0) is 28.5 Å². The number of esters is 1. The molecule has 5 N–H and O–H groups in total. The maximum Gasteiger partial charge on any atom is 0.508 e. The van der Waals surface area contributed by atoms with E-state index in [1.165, 1.54) is 6.92 Å². The summed E-state index contributed by atoms with van der Waals surface area (Å²) < 4.78 is 21.8. The monoisotopic (exact) mass is 707 g/mol. The summed E-state index contributed by atoms with van der Waals surface area (Å²) in [5.74, 6) is -3.42. The van der Waals surface area contributed by atoms with E-state index in [-0.39, 0.29) is 42.6 Å². The summed E-state index contributed by atoms with van der Waals surface area (Å²) in [6, 6.07) is 15.3. The molecule has 274 valence electrons. The lowest BCUT2D eigenvalue weighted by atomic mass is 9.46. The van der Waals surface area contributed by atoms with Gasteiger partial charge in [0.25, 0.3) is 5.91 Å². The number of benzene rings is 2. The molecule has 1 amide bonds. The number of ketones is 1. The molecular formula is C38H45NO12. The van der Waals surface area contributed by atoms with E-state index in [1.54, 1.807) is 81.4 Å². The molecule has 0 spiro atoms. The van der Waals surface area contributed by atoms with Gasteiger partial charge in [0.1, 0.15) is 23.9 Å². The van der Waals surface area contributed by atoms with Crippen molar-refractivity contribution in [2.24, 2.45) is 16.7 Å². The van der Waals surface area contributed by atoms with Gasteiger partial charge >= 0.3 is 12.1 Å². The molecule has 1 saturated heterocycles. The molecule has 2 saturated carbocycles. The number of carbonyl (C=O) groups is 4. The third-order valence-corrected chi connectivity index (χ3v) is 12.1. The molecule has 51 heavy (non-hydrogen) atoms. The van der Waals surface area contributed by atoms with Crippen molar-refractivity contribution in [3.05, 3.63) is 82.9 Å². The second-order valence-electron chi connectivity index (χ2n) is 15.0. The average Bonchev–Trinajstić information content (AvgIpc) is 3.11. The molecule has 2 aromatic rings. The van der Waals surface area contributed by atoms with Crippen molar-refractivity contribution in [1.29, 1.82) is 0 Å². The van der Waals surface area contributed by atoms with Gasteiger partial charge in [0.2, 0.25) is 6.10 Å². The second kappa shape index (κ2) is 13.1.